The fraction of sp³-hybridized carbons (Fsp3) is 0.0714. The first kappa shape index (κ1) is 15.7. The van der Waals surface area contributed by atoms with Gasteiger partial charge in [-0.2, -0.15) is 11.3 Å². The van der Waals surface area contributed by atoms with E-state index in [0.717, 1.165) is 6.26 Å². The second-order valence-electron chi connectivity index (χ2n) is 4.02. The number of allylic oxidation sites excluding steroid dienone is 1. The summed E-state index contributed by atoms with van der Waals surface area (Å²) in [4.78, 5) is 35.0. The Kier molecular flexibility index (Phi) is 4.77. The Bertz CT molecular complexity index is 737. The van der Waals surface area contributed by atoms with Gasteiger partial charge >= 0.3 is 0 Å². The first-order valence-corrected chi connectivity index (χ1v) is 7.37. The van der Waals surface area contributed by atoms with E-state index in [9.17, 15) is 14.4 Å². The number of aldehydes is 1. The van der Waals surface area contributed by atoms with E-state index in [1.807, 2.05) is 0 Å². The van der Waals surface area contributed by atoms with Crippen LogP contribution in [0.15, 0.2) is 32.5 Å². The number of hydrogen-bond acceptors (Lipinski definition) is 5. The summed E-state index contributed by atoms with van der Waals surface area (Å²) < 4.78 is 5.19. The predicted octanol–water partition coefficient (Wildman–Crippen LogP) is 4.12. The highest BCUT2D eigenvalue weighted by atomic mass is 35.5. The average Bonchev–Trinajstić information content (AvgIpc) is 3.13. The molecular weight excluding hydrogens is 335 g/mol. The summed E-state index contributed by atoms with van der Waals surface area (Å²) >= 11 is 13.1. The normalized spacial score (nSPS) is 12.0. The largest absolute Gasteiger partial charge is 0.462 e. The van der Waals surface area contributed by atoms with Crippen molar-refractivity contribution in [2.75, 3.05) is 0 Å². The summed E-state index contributed by atoms with van der Waals surface area (Å²) in [5.74, 6) is -1.40. The first-order chi connectivity index (χ1) is 9.97. The molecule has 7 heteroatoms. The van der Waals surface area contributed by atoms with E-state index in [1.165, 1.54) is 18.3 Å². The van der Waals surface area contributed by atoms with Gasteiger partial charge in [0.1, 0.15) is 6.26 Å². The van der Waals surface area contributed by atoms with Gasteiger partial charge in [0.25, 0.3) is 0 Å². The third-order valence-corrected chi connectivity index (χ3v) is 4.10. The van der Waals surface area contributed by atoms with Crippen LogP contribution in [0.25, 0.3) is 5.03 Å². The Morgan fingerprint density at radius 1 is 1.33 bits per heavy atom. The zero-order chi connectivity index (χ0) is 15.6. The zero-order valence-electron chi connectivity index (χ0n) is 10.7. The quantitative estimate of drug-likeness (QED) is 0.465. The van der Waals surface area contributed by atoms with E-state index in [0.29, 0.717) is 5.56 Å². The van der Waals surface area contributed by atoms with Gasteiger partial charge in [0.2, 0.25) is 5.78 Å². The highest BCUT2D eigenvalue weighted by Crippen LogP contribution is 2.32. The molecule has 0 aromatic carbocycles. The lowest BCUT2D eigenvalue weighted by Gasteiger charge is -2.01. The maximum atomic E-state index is 12.3. The third kappa shape index (κ3) is 3.00. The molecule has 0 unspecified atom stereocenters. The lowest BCUT2D eigenvalue weighted by molar-refractivity contribution is -0.104. The average molecular weight is 343 g/mol. The number of Topliss-reactive ketones (excluding diaryl/α,β-unsaturated/α-hetero) is 1. The van der Waals surface area contributed by atoms with Crippen molar-refractivity contribution in [2.45, 2.75) is 6.92 Å². The first-order valence-electron chi connectivity index (χ1n) is 5.67. The minimum absolute atomic E-state index is 0.0171. The lowest BCUT2D eigenvalue weighted by Crippen LogP contribution is -2.09. The summed E-state index contributed by atoms with van der Waals surface area (Å²) in [6.07, 6.45) is 1.21. The second kappa shape index (κ2) is 6.39. The smallest absolute Gasteiger partial charge is 0.230 e. The summed E-state index contributed by atoms with van der Waals surface area (Å²) in [7, 11) is 0. The highest BCUT2D eigenvalue weighted by molar-refractivity contribution is 7.08. The summed E-state index contributed by atoms with van der Waals surface area (Å²) in [5.41, 5.74) is 0.206. The Labute approximate surface area is 134 Å². The van der Waals surface area contributed by atoms with Gasteiger partial charge in [0, 0.05) is 16.0 Å². The molecule has 2 heterocycles. The summed E-state index contributed by atoms with van der Waals surface area (Å²) in [6.45, 7) is 1.50. The molecule has 0 amide bonds. The van der Waals surface area contributed by atoms with Gasteiger partial charge in [-0.15, -0.1) is 0 Å². The Hall–Kier alpha value is -1.69. The van der Waals surface area contributed by atoms with Crippen molar-refractivity contribution in [1.82, 2.24) is 0 Å². The molecule has 0 saturated heterocycles. The van der Waals surface area contributed by atoms with Crippen molar-refractivity contribution < 1.29 is 18.8 Å². The highest BCUT2D eigenvalue weighted by Gasteiger charge is 2.27. The van der Waals surface area contributed by atoms with E-state index in [4.69, 9.17) is 27.6 Å². The van der Waals surface area contributed by atoms with Gasteiger partial charge in [-0.25, -0.2) is 0 Å². The molecule has 2 aromatic heterocycles. The van der Waals surface area contributed by atoms with Crippen molar-refractivity contribution >= 4 is 57.4 Å². The predicted molar refractivity (Wildman–Crippen MR) is 81.2 cm³/mol. The van der Waals surface area contributed by atoms with E-state index in [1.54, 1.807) is 16.8 Å². The molecule has 0 atom stereocenters. The van der Waals surface area contributed by atoms with Gasteiger partial charge in [0.15, 0.2) is 17.8 Å². The third-order valence-electron chi connectivity index (χ3n) is 2.67. The number of hydrogen-bond donors (Lipinski definition) is 0. The molecule has 4 nitrogen and oxygen atoms in total. The van der Waals surface area contributed by atoms with Crippen molar-refractivity contribution in [3.05, 3.63) is 50.6 Å². The van der Waals surface area contributed by atoms with Crippen LogP contribution >= 0.6 is 34.5 Å². The van der Waals surface area contributed by atoms with Crippen molar-refractivity contribution in [3.8, 4) is 0 Å². The molecule has 0 spiro atoms. The number of furan rings is 1. The fourth-order valence-corrected chi connectivity index (χ4v) is 2.56. The number of ketones is 2. The fourth-order valence-electron chi connectivity index (χ4n) is 1.70. The van der Waals surface area contributed by atoms with Crippen LogP contribution < -0.4 is 0 Å². The van der Waals surface area contributed by atoms with Crippen LogP contribution in [0.2, 0.25) is 0 Å². The monoisotopic (exact) mass is 342 g/mol. The van der Waals surface area contributed by atoms with E-state index in [2.05, 4.69) is 0 Å². The summed E-state index contributed by atoms with van der Waals surface area (Å²) in [6, 6.07) is 1.61. The maximum absolute atomic E-state index is 12.3. The van der Waals surface area contributed by atoms with E-state index >= 15 is 0 Å². The Morgan fingerprint density at radius 2 is 2.05 bits per heavy atom. The molecule has 0 N–H and O–H groups in total. The molecule has 0 bridgehead atoms. The lowest BCUT2D eigenvalue weighted by atomic mass is 10.0. The molecule has 0 saturated carbocycles. The molecule has 0 radical (unpaired) electrons. The number of halogens is 2. The van der Waals surface area contributed by atoms with Gasteiger partial charge in [-0.1, -0.05) is 23.2 Å². The topological polar surface area (TPSA) is 64.3 Å². The van der Waals surface area contributed by atoms with Crippen LogP contribution in [-0.4, -0.2) is 17.9 Å². The van der Waals surface area contributed by atoms with E-state index < -0.39 is 11.6 Å². The minimum Gasteiger partial charge on any atom is -0.462 e. The van der Waals surface area contributed by atoms with Crippen molar-refractivity contribution in [3.63, 3.8) is 0 Å². The van der Waals surface area contributed by atoms with Crippen LogP contribution in [0.3, 0.4) is 0 Å². The van der Waals surface area contributed by atoms with Crippen LogP contribution in [-0.2, 0) is 4.79 Å². The van der Waals surface area contributed by atoms with Gasteiger partial charge in [-0.05, 0) is 18.4 Å². The van der Waals surface area contributed by atoms with Crippen LogP contribution in [0, 0.1) is 0 Å². The second-order valence-corrected chi connectivity index (χ2v) is 5.75. The molecule has 2 rings (SSSR count). The number of thiophene rings is 1. The number of carbonyl (C=O) groups is 3. The molecular formula is C14H8Cl2O4S. The molecule has 108 valence electrons. The van der Waals surface area contributed by atoms with Crippen LogP contribution in [0.5, 0.6) is 0 Å². The van der Waals surface area contributed by atoms with Gasteiger partial charge < -0.3 is 4.42 Å². The van der Waals surface area contributed by atoms with Gasteiger partial charge in [0.05, 0.1) is 16.2 Å². The van der Waals surface area contributed by atoms with Crippen LogP contribution in [0.4, 0.5) is 0 Å². The molecule has 21 heavy (non-hydrogen) atoms. The Balaban J connectivity index is 2.63. The van der Waals surface area contributed by atoms with Crippen LogP contribution in [0.1, 0.15) is 39.0 Å². The minimum atomic E-state index is -0.895. The van der Waals surface area contributed by atoms with E-state index in [-0.39, 0.29) is 33.2 Å². The molecule has 0 aliphatic rings. The SMILES string of the molecule is CC(Cl)=C(Cl)c1occ(C(=O)c2ccsc2)c1C(=O)C=O. The van der Waals surface area contributed by atoms with Crippen molar-refractivity contribution in [1.29, 1.82) is 0 Å². The molecule has 0 aliphatic carbocycles. The molecule has 0 aliphatic heterocycles. The summed E-state index contributed by atoms with van der Waals surface area (Å²) in [5, 5.41) is 3.52. The molecule has 2 aromatic rings. The molecule has 0 fully saturated rings. The maximum Gasteiger partial charge on any atom is 0.230 e. The standard InChI is InChI=1S/C14H8Cl2O4S/c1-7(15)12(16)14-11(10(18)4-17)9(5-20-14)13(19)8-2-3-21-6-8/h2-6H,1H3. The van der Waals surface area contributed by atoms with Gasteiger partial charge in [-0.3, -0.25) is 14.4 Å². The zero-order valence-corrected chi connectivity index (χ0v) is 13.0. The Morgan fingerprint density at radius 3 is 2.57 bits per heavy atom. The van der Waals surface area contributed by atoms with Crippen molar-refractivity contribution in [2.24, 2.45) is 0 Å². The number of carbonyl (C=O) groups excluding carboxylic acids is 3. The number of rotatable bonds is 5.